The SMILES string of the molecule is CN(CCc1nccs1)c1ccc([N+](=O)[O-])cc1Cl. The van der Waals surface area contributed by atoms with E-state index in [4.69, 9.17) is 11.6 Å². The van der Waals surface area contributed by atoms with Crippen LogP contribution < -0.4 is 4.90 Å². The summed E-state index contributed by atoms with van der Waals surface area (Å²) in [7, 11) is 1.90. The number of likely N-dealkylation sites (N-methyl/N-ethyl adjacent to an activating group) is 1. The summed E-state index contributed by atoms with van der Waals surface area (Å²) >= 11 is 7.68. The highest BCUT2D eigenvalue weighted by molar-refractivity contribution is 7.09. The molecule has 1 heterocycles. The second kappa shape index (κ2) is 5.99. The van der Waals surface area contributed by atoms with Crippen LogP contribution in [0.3, 0.4) is 0 Å². The smallest absolute Gasteiger partial charge is 0.271 e. The highest BCUT2D eigenvalue weighted by Gasteiger charge is 2.12. The van der Waals surface area contributed by atoms with Crippen LogP contribution in [0.1, 0.15) is 5.01 Å². The number of nitrogens with zero attached hydrogens (tertiary/aromatic N) is 3. The van der Waals surface area contributed by atoms with Crippen LogP contribution in [0.5, 0.6) is 0 Å². The highest BCUT2D eigenvalue weighted by Crippen LogP contribution is 2.29. The zero-order valence-electron chi connectivity index (χ0n) is 10.2. The van der Waals surface area contributed by atoms with Gasteiger partial charge in [-0.25, -0.2) is 4.98 Å². The van der Waals surface area contributed by atoms with Gasteiger partial charge in [0.25, 0.3) is 5.69 Å². The zero-order valence-corrected chi connectivity index (χ0v) is 11.8. The number of halogens is 1. The number of nitro benzene ring substituents is 1. The van der Waals surface area contributed by atoms with Crippen LogP contribution in [-0.4, -0.2) is 23.5 Å². The molecular weight excluding hydrogens is 286 g/mol. The first kappa shape index (κ1) is 13.8. The maximum atomic E-state index is 10.6. The Kier molecular flexibility index (Phi) is 4.34. The van der Waals surface area contributed by atoms with Crippen molar-refractivity contribution >= 4 is 34.3 Å². The monoisotopic (exact) mass is 297 g/mol. The lowest BCUT2D eigenvalue weighted by Crippen LogP contribution is -2.20. The molecule has 0 amide bonds. The second-order valence-electron chi connectivity index (χ2n) is 3.99. The minimum absolute atomic E-state index is 0.00192. The van der Waals surface area contributed by atoms with Crippen LogP contribution in [0.15, 0.2) is 29.8 Å². The predicted molar refractivity (Wildman–Crippen MR) is 77.2 cm³/mol. The van der Waals surface area contributed by atoms with Crippen molar-refractivity contribution in [1.29, 1.82) is 0 Å². The largest absolute Gasteiger partial charge is 0.373 e. The Morgan fingerprint density at radius 1 is 1.53 bits per heavy atom. The Morgan fingerprint density at radius 3 is 2.89 bits per heavy atom. The van der Waals surface area contributed by atoms with E-state index in [-0.39, 0.29) is 5.69 Å². The number of anilines is 1. The third-order valence-electron chi connectivity index (χ3n) is 2.70. The van der Waals surface area contributed by atoms with Gasteiger partial charge < -0.3 is 4.90 Å². The number of rotatable bonds is 5. The molecule has 1 aromatic heterocycles. The molecule has 2 aromatic rings. The maximum Gasteiger partial charge on any atom is 0.271 e. The van der Waals surface area contributed by atoms with Crippen molar-refractivity contribution in [3.63, 3.8) is 0 Å². The Labute approximate surface area is 119 Å². The van der Waals surface area contributed by atoms with Crippen LogP contribution >= 0.6 is 22.9 Å². The molecule has 0 saturated carbocycles. The van der Waals surface area contributed by atoms with Gasteiger partial charge in [-0.1, -0.05) is 11.6 Å². The third kappa shape index (κ3) is 3.42. The van der Waals surface area contributed by atoms with E-state index in [9.17, 15) is 10.1 Å². The normalized spacial score (nSPS) is 10.4. The molecular formula is C12H12ClN3O2S. The van der Waals surface area contributed by atoms with Crippen molar-refractivity contribution in [3.05, 3.63) is 49.9 Å². The number of non-ortho nitro benzene ring substituents is 1. The fourth-order valence-electron chi connectivity index (χ4n) is 1.68. The molecule has 0 aliphatic carbocycles. The van der Waals surface area contributed by atoms with Gasteiger partial charge in [0.1, 0.15) is 0 Å². The van der Waals surface area contributed by atoms with Crippen LogP contribution in [-0.2, 0) is 6.42 Å². The molecule has 0 atom stereocenters. The van der Waals surface area contributed by atoms with Gasteiger partial charge in [-0.2, -0.15) is 0 Å². The first-order chi connectivity index (χ1) is 9.08. The first-order valence-electron chi connectivity index (χ1n) is 5.61. The van der Waals surface area contributed by atoms with Gasteiger partial charge >= 0.3 is 0 Å². The topological polar surface area (TPSA) is 59.3 Å². The number of aromatic nitrogens is 1. The summed E-state index contributed by atoms with van der Waals surface area (Å²) in [4.78, 5) is 16.4. The van der Waals surface area contributed by atoms with Crippen LogP contribution in [0.2, 0.25) is 5.02 Å². The lowest BCUT2D eigenvalue weighted by molar-refractivity contribution is -0.384. The molecule has 19 heavy (non-hydrogen) atoms. The molecule has 0 N–H and O–H groups in total. The van der Waals surface area contributed by atoms with Crippen LogP contribution in [0.25, 0.3) is 0 Å². The van der Waals surface area contributed by atoms with Crippen molar-refractivity contribution < 1.29 is 4.92 Å². The average molecular weight is 298 g/mol. The zero-order chi connectivity index (χ0) is 13.8. The summed E-state index contributed by atoms with van der Waals surface area (Å²) in [6.07, 6.45) is 2.60. The van der Waals surface area contributed by atoms with E-state index in [1.54, 1.807) is 23.6 Å². The van der Waals surface area contributed by atoms with Gasteiger partial charge in [-0.15, -0.1) is 11.3 Å². The van der Waals surface area contributed by atoms with E-state index in [0.29, 0.717) is 5.02 Å². The molecule has 0 unspecified atom stereocenters. The maximum absolute atomic E-state index is 10.6. The second-order valence-corrected chi connectivity index (χ2v) is 5.38. The van der Waals surface area contributed by atoms with Crippen molar-refractivity contribution in [2.45, 2.75) is 6.42 Å². The molecule has 0 radical (unpaired) electrons. The summed E-state index contributed by atoms with van der Waals surface area (Å²) in [5.74, 6) is 0. The minimum atomic E-state index is -0.453. The van der Waals surface area contributed by atoms with Crippen molar-refractivity contribution in [3.8, 4) is 0 Å². The first-order valence-corrected chi connectivity index (χ1v) is 6.87. The molecule has 0 aliphatic heterocycles. The lowest BCUT2D eigenvalue weighted by Gasteiger charge is -2.19. The van der Waals surface area contributed by atoms with E-state index >= 15 is 0 Å². The van der Waals surface area contributed by atoms with Gasteiger partial charge in [0.05, 0.1) is 20.6 Å². The number of thiazole rings is 1. The Bertz CT molecular complexity index is 574. The molecule has 0 spiro atoms. The molecule has 0 fully saturated rings. The quantitative estimate of drug-likeness (QED) is 0.627. The Morgan fingerprint density at radius 2 is 2.32 bits per heavy atom. The number of nitro groups is 1. The van der Waals surface area contributed by atoms with Crippen molar-refractivity contribution in [2.24, 2.45) is 0 Å². The third-order valence-corrected chi connectivity index (χ3v) is 3.84. The summed E-state index contributed by atoms with van der Waals surface area (Å²) in [5.41, 5.74) is 0.783. The van der Waals surface area contributed by atoms with E-state index in [1.165, 1.54) is 12.1 Å². The molecule has 7 heteroatoms. The summed E-state index contributed by atoms with van der Waals surface area (Å²) < 4.78 is 0. The van der Waals surface area contributed by atoms with Gasteiger partial charge in [-0.3, -0.25) is 10.1 Å². The molecule has 0 aliphatic rings. The summed E-state index contributed by atoms with van der Waals surface area (Å²) in [6.45, 7) is 0.755. The lowest BCUT2D eigenvalue weighted by atomic mass is 10.2. The molecule has 1 aromatic carbocycles. The molecule has 5 nitrogen and oxygen atoms in total. The number of hydrogen-bond donors (Lipinski definition) is 0. The highest BCUT2D eigenvalue weighted by atomic mass is 35.5. The van der Waals surface area contributed by atoms with Gasteiger partial charge in [0.15, 0.2) is 0 Å². The average Bonchev–Trinajstić information content (AvgIpc) is 2.88. The Hall–Kier alpha value is -1.66. The number of hydrogen-bond acceptors (Lipinski definition) is 5. The Balaban J connectivity index is 2.06. The summed E-state index contributed by atoms with van der Waals surface area (Å²) in [5, 5.41) is 14.0. The van der Waals surface area contributed by atoms with Crippen LogP contribution in [0, 0.1) is 10.1 Å². The summed E-state index contributed by atoms with van der Waals surface area (Å²) in [6, 6.07) is 4.50. The number of benzene rings is 1. The minimum Gasteiger partial charge on any atom is -0.373 e. The fraction of sp³-hybridized carbons (Fsp3) is 0.250. The van der Waals surface area contributed by atoms with Gasteiger partial charge in [-0.05, 0) is 6.07 Å². The molecule has 0 saturated heterocycles. The molecule has 100 valence electrons. The van der Waals surface area contributed by atoms with Gasteiger partial charge in [0, 0.05) is 43.7 Å². The van der Waals surface area contributed by atoms with Crippen molar-refractivity contribution in [1.82, 2.24) is 4.98 Å². The van der Waals surface area contributed by atoms with Crippen molar-refractivity contribution in [2.75, 3.05) is 18.5 Å². The van der Waals surface area contributed by atoms with E-state index < -0.39 is 4.92 Å². The van der Waals surface area contributed by atoms with E-state index in [0.717, 1.165) is 23.7 Å². The van der Waals surface area contributed by atoms with Gasteiger partial charge in [0.2, 0.25) is 0 Å². The van der Waals surface area contributed by atoms with Crippen LogP contribution in [0.4, 0.5) is 11.4 Å². The molecule has 2 rings (SSSR count). The standard InChI is InChI=1S/C12H12ClN3O2S/c1-15(6-4-12-14-5-7-19-12)11-3-2-9(16(17)18)8-10(11)13/h2-3,5,7-8H,4,6H2,1H3. The fourth-order valence-corrected chi connectivity index (χ4v) is 2.61. The van der Waals surface area contributed by atoms with E-state index in [2.05, 4.69) is 4.98 Å². The predicted octanol–water partition coefficient (Wildman–Crippen LogP) is 3.38. The molecule has 0 bridgehead atoms. The van der Waals surface area contributed by atoms with E-state index in [1.807, 2.05) is 17.3 Å².